The molecular weight excluding hydrogens is 1300 g/mol. The number of primary amides is 1. The van der Waals surface area contributed by atoms with Gasteiger partial charge in [-0.2, -0.15) is 0 Å². The molecule has 486 valence electrons. The van der Waals surface area contributed by atoms with Gasteiger partial charge in [0.25, 0.3) is 5.91 Å². The van der Waals surface area contributed by atoms with Crippen LogP contribution in [0.25, 0.3) is 0 Å². The number of nitrogens with two attached hydrogens (primary N) is 1. The van der Waals surface area contributed by atoms with Gasteiger partial charge in [-0.3, -0.25) is 34.1 Å². The van der Waals surface area contributed by atoms with Gasteiger partial charge in [0.05, 0.1) is 34.8 Å². The van der Waals surface area contributed by atoms with E-state index < -0.39 is 137 Å². The van der Waals surface area contributed by atoms with Crippen LogP contribution in [0.3, 0.4) is 0 Å². The Morgan fingerprint density at radius 1 is 0.977 bits per heavy atom. The van der Waals surface area contributed by atoms with E-state index in [1.165, 1.54) is 26.0 Å². The van der Waals surface area contributed by atoms with Gasteiger partial charge in [0.1, 0.15) is 53.2 Å². The Labute approximate surface area is 535 Å². The number of methoxy groups -OCH3 is 1. The summed E-state index contributed by atoms with van der Waals surface area (Å²) in [7, 11) is 4.06. The highest BCUT2D eigenvalue weighted by atomic mass is 79.9. The Kier molecular flexibility index (Phi) is 27.3. The van der Waals surface area contributed by atoms with Crippen molar-refractivity contribution in [2.24, 2.45) is 29.4 Å². The number of ether oxygens (including phenoxy) is 4. The maximum Gasteiger partial charge on any atom is 0.409 e. The molecule has 3 heterocycles. The minimum Gasteiger partial charge on any atom is -0.457 e. The Hall–Kier alpha value is -5.66. The number of aryl methyl sites for hydroxylation is 1. The summed E-state index contributed by atoms with van der Waals surface area (Å²) in [5.74, 6) is -8.49. The monoisotopic (exact) mass is 1380 g/mol. The lowest BCUT2D eigenvalue weighted by Gasteiger charge is -2.42. The molecule has 0 saturated carbocycles. The molecule has 2 saturated heterocycles. The first-order chi connectivity index (χ1) is 41.4. The molecule has 0 aromatic heterocycles. The average Bonchev–Trinajstić information content (AvgIpc) is 1.65. The van der Waals surface area contributed by atoms with Crippen LogP contribution in [0, 0.1) is 42.2 Å². The number of alkyl carbamates (subject to hydrolysis) is 1. The Balaban J connectivity index is 1.33. The Morgan fingerprint density at radius 3 is 2.28 bits per heavy atom. The van der Waals surface area contributed by atoms with Crippen molar-refractivity contribution in [3.05, 3.63) is 87.0 Å². The van der Waals surface area contributed by atoms with Crippen LogP contribution < -0.4 is 26.6 Å². The van der Waals surface area contributed by atoms with Crippen LogP contribution >= 0.6 is 43.5 Å². The number of anilines is 1. The minimum atomic E-state index is -1.94. The number of halogens is 5. The van der Waals surface area contributed by atoms with Gasteiger partial charge in [-0.15, -0.1) is 0 Å². The third-order valence-corrected chi connectivity index (χ3v) is 19.0. The highest BCUT2D eigenvalue weighted by Gasteiger charge is 2.64. The summed E-state index contributed by atoms with van der Waals surface area (Å²) in [6, 6.07) is 1.30. The lowest BCUT2D eigenvalue weighted by Crippen LogP contribution is -2.63. The lowest BCUT2D eigenvalue weighted by atomic mass is 9.83. The fraction of sp³-hybridized carbons (Fsp3) is 0.603. The van der Waals surface area contributed by atoms with E-state index in [1.807, 2.05) is 19.1 Å². The normalized spacial score (nSPS) is 24.1. The second kappa shape index (κ2) is 32.9. The van der Waals surface area contributed by atoms with Crippen molar-refractivity contribution in [1.82, 2.24) is 20.9 Å². The van der Waals surface area contributed by atoms with E-state index in [-0.39, 0.29) is 62.1 Å². The molecule has 5 rings (SSSR count). The SMILES string of the molecule is CO[C@@H]1/C=C/C=C(\C)Cc2cc(C)c(Cl)c(c2)N(C)C(=O)C[C@H](OC(=O)[C@H](C)N(C)C(=O)c2cc(F)c(CC(=O)[C@H](CCCNC(N)=O)NC(=O)[C@@H](CC(=O)CCCCCCC(=O)C(CBr)CBr)C(C)C)cc2F)[C@]2(C)O[C@H]2[C@H](C)[C@@H]2C[C@@]1(O)NC(=O)O2. The van der Waals surface area contributed by atoms with Crippen molar-refractivity contribution in [2.45, 2.75) is 180 Å². The van der Waals surface area contributed by atoms with Crippen molar-refractivity contribution in [3.63, 3.8) is 0 Å². The van der Waals surface area contributed by atoms with Gasteiger partial charge in [0.15, 0.2) is 11.5 Å². The highest BCUT2D eigenvalue weighted by molar-refractivity contribution is 9.09. The predicted molar refractivity (Wildman–Crippen MR) is 334 cm³/mol. The average molecular weight is 1380 g/mol. The molecule has 20 nitrogen and oxygen atoms in total. The van der Waals surface area contributed by atoms with E-state index in [0.29, 0.717) is 64.7 Å². The van der Waals surface area contributed by atoms with Crippen molar-refractivity contribution >= 4 is 102 Å². The van der Waals surface area contributed by atoms with E-state index >= 15 is 8.78 Å². The molecule has 88 heavy (non-hydrogen) atoms. The number of nitrogens with one attached hydrogen (secondary N) is 3. The molecule has 2 aromatic rings. The molecule has 3 aliphatic rings. The standard InChI is InChI=1S/C63H85Br2ClF2N6O14/c1-34(2)43(28-42(75)18-13-11-12-14-20-49(76)41(32-64)33-65)57(79)71-47(19-16-22-70-60(69)82)50(77)27-40-26-46(68)44(29-45(40)67)58(80)73(8)38(6)59(81)87-53-30-54(78)74(9)48-25-39(24-36(4)55(48)66)23-35(3)17-15-21-52(85-10)63(84)31-51(86-61(83)72-63)37(5)56-62(53,7)88-56/h15,17,21,24-26,29,34,37-38,41,43,47,51-53,56,84H,11-14,16,18-20,22-23,27-28,30-33H2,1-10H3,(H,71,79)(H,72,83)(H3,69,70,82)/b21-15+,35-17+/t37-,38+,43+,47+,51+,52-,53+,56+,62+,63+/m1/s1. The number of carbonyl (C=O) groups excluding carboxylic acids is 9. The number of nitrogens with zero attached hydrogens (tertiary/aromatic N) is 2. The van der Waals surface area contributed by atoms with Crippen molar-refractivity contribution in [3.8, 4) is 0 Å². The van der Waals surface area contributed by atoms with E-state index in [2.05, 4.69) is 47.8 Å². The number of urea groups is 1. The second-order valence-corrected chi connectivity index (χ2v) is 25.6. The molecule has 6 amide bonds. The third kappa shape index (κ3) is 19.4. The highest BCUT2D eigenvalue weighted by Crippen LogP contribution is 2.49. The topological polar surface area (TPSA) is 283 Å². The summed E-state index contributed by atoms with van der Waals surface area (Å²) in [6.45, 7) is 11.8. The fourth-order valence-corrected chi connectivity index (χ4v) is 13.1. The van der Waals surface area contributed by atoms with Gasteiger partial charge < -0.3 is 50.2 Å². The quantitative estimate of drug-likeness (QED) is 0.0242. The number of ketones is 3. The molecule has 4 bridgehead atoms. The van der Waals surface area contributed by atoms with E-state index in [9.17, 15) is 48.3 Å². The molecule has 2 aromatic carbocycles. The van der Waals surface area contributed by atoms with E-state index in [1.54, 1.807) is 52.8 Å². The summed E-state index contributed by atoms with van der Waals surface area (Å²) in [4.78, 5) is 123. The fourth-order valence-electron chi connectivity index (χ4n) is 11.1. The zero-order valence-corrected chi connectivity index (χ0v) is 55.7. The van der Waals surface area contributed by atoms with Crippen molar-refractivity contribution in [1.29, 1.82) is 0 Å². The van der Waals surface area contributed by atoms with Gasteiger partial charge in [-0.05, 0) is 101 Å². The van der Waals surface area contributed by atoms with Crippen LogP contribution in [0.4, 0.5) is 24.1 Å². The molecule has 2 fully saturated rings. The summed E-state index contributed by atoms with van der Waals surface area (Å²) in [5, 5.41) is 20.9. The predicted octanol–water partition coefficient (Wildman–Crippen LogP) is 9.00. The lowest BCUT2D eigenvalue weighted by molar-refractivity contribution is -0.158. The number of alkyl halides is 2. The van der Waals surface area contributed by atoms with Crippen LogP contribution in [0.1, 0.15) is 139 Å². The Bertz CT molecular complexity index is 2970. The first kappa shape index (κ1) is 73.1. The smallest absolute Gasteiger partial charge is 0.409 e. The molecule has 0 spiro atoms. The molecule has 0 unspecified atom stereocenters. The number of aliphatic hydroxyl groups is 1. The number of hydrogen-bond donors (Lipinski definition) is 5. The van der Waals surface area contributed by atoms with Crippen molar-refractivity contribution in [2.75, 3.05) is 43.3 Å². The van der Waals surface area contributed by atoms with Crippen LogP contribution in [0.15, 0.2) is 48.1 Å². The van der Waals surface area contributed by atoms with Crippen molar-refractivity contribution < 1.29 is 76.0 Å². The summed E-state index contributed by atoms with van der Waals surface area (Å²) >= 11 is 13.5. The number of Topliss-reactive ketones (excluding diaryl/α,β-unsaturated/α-hetero) is 3. The summed E-state index contributed by atoms with van der Waals surface area (Å²) in [6.07, 6.45) is 2.34. The van der Waals surface area contributed by atoms with Crippen LogP contribution in [0.5, 0.6) is 0 Å². The summed E-state index contributed by atoms with van der Waals surface area (Å²) < 4.78 is 56.1. The molecule has 0 aliphatic carbocycles. The van der Waals surface area contributed by atoms with Crippen LogP contribution in [-0.4, -0.2) is 149 Å². The molecule has 10 atom stereocenters. The second-order valence-electron chi connectivity index (χ2n) is 24.0. The zero-order valence-electron chi connectivity index (χ0n) is 51.7. The first-order valence-corrected chi connectivity index (χ1v) is 32.3. The minimum absolute atomic E-state index is 0.0184. The van der Waals surface area contributed by atoms with E-state index in [4.69, 9.17) is 36.3 Å². The van der Waals surface area contributed by atoms with Crippen LogP contribution in [0.2, 0.25) is 5.02 Å². The van der Waals surface area contributed by atoms with Gasteiger partial charge in [0.2, 0.25) is 11.8 Å². The number of unbranched alkanes of at least 4 members (excludes halogenated alkanes) is 3. The van der Waals surface area contributed by atoms with Gasteiger partial charge in [-0.25, -0.2) is 23.2 Å². The van der Waals surface area contributed by atoms with Gasteiger partial charge >= 0.3 is 18.1 Å². The van der Waals surface area contributed by atoms with Gasteiger partial charge in [-0.1, -0.05) is 107 Å². The Morgan fingerprint density at radius 2 is 1.65 bits per heavy atom. The number of benzene rings is 2. The molecule has 6 N–H and O–H groups in total. The maximum atomic E-state index is 16.2. The van der Waals surface area contributed by atoms with E-state index in [0.717, 1.165) is 35.9 Å². The third-order valence-electron chi connectivity index (χ3n) is 16.9. The first-order valence-electron chi connectivity index (χ1n) is 29.7. The zero-order chi connectivity index (χ0) is 65.5. The number of fused-ring (bicyclic) bond motifs is 5. The molecule has 3 aliphatic heterocycles. The number of epoxide rings is 1. The number of carbonyl (C=O) groups is 9. The number of hydrogen-bond acceptors (Lipinski definition) is 14. The van der Waals surface area contributed by atoms with Crippen LogP contribution in [-0.2, 0) is 60.6 Å². The number of likely N-dealkylation sites (N-methyl/N-ethyl adjacent to an activating group) is 1. The molecular formula is C63H85Br2ClF2N6O14. The molecule has 25 heteroatoms. The maximum absolute atomic E-state index is 16.2. The number of rotatable bonds is 27. The molecule has 0 radical (unpaired) electrons. The number of allylic oxidation sites excluding steroid dienone is 3. The number of amides is 6. The van der Waals surface area contributed by atoms with Gasteiger partial charge in [0, 0.05) is 88.3 Å². The largest absolute Gasteiger partial charge is 0.457 e. The number of esters is 1. The summed E-state index contributed by atoms with van der Waals surface area (Å²) in [5.41, 5.74) is 3.34.